The monoisotopic (exact) mass is 335 g/mol. The molecule has 23 heavy (non-hydrogen) atoms. The standard InChI is InChI=1S/C17H22ClN3O2/c18-14-7-8-15(19-10-14)20-16(22)13-6-3-9-21(11-13)17(23)12-4-1-2-5-12/h7-8,10,12-13H,1-6,9,11H2,(H,19,20,22)/t13-/m0/s1. The molecule has 2 fully saturated rings. The molecule has 1 aliphatic heterocycles. The predicted molar refractivity (Wildman–Crippen MR) is 89.1 cm³/mol. The molecule has 5 nitrogen and oxygen atoms in total. The number of likely N-dealkylation sites (tertiary alicyclic amines) is 1. The van der Waals surface area contributed by atoms with Gasteiger partial charge in [0.2, 0.25) is 11.8 Å². The lowest BCUT2D eigenvalue weighted by Gasteiger charge is -2.33. The van der Waals surface area contributed by atoms with E-state index in [0.29, 0.717) is 17.4 Å². The minimum atomic E-state index is -0.161. The smallest absolute Gasteiger partial charge is 0.230 e. The quantitative estimate of drug-likeness (QED) is 0.923. The number of hydrogen-bond donors (Lipinski definition) is 1. The first-order chi connectivity index (χ1) is 11.1. The Hall–Kier alpha value is -1.62. The molecule has 0 spiro atoms. The Bertz CT molecular complexity index is 570. The molecule has 3 rings (SSSR count). The second-order valence-corrected chi connectivity index (χ2v) is 6.89. The number of nitrogens with one attached hydrogen (secondary N) is 1. The highest BCUT2D eigenvalue weighted by Gasteiger charge is 2.32. The number of pyridine rings is 1. The van der Waals surface area contributed by atoms with E-state index in [2.05, 4.69) is 10.3 Å². The molecule has 6 heteroatoms. The molecule has 124 valence electrons. The average molecular weight is 336 g/mol. The van der Waals surface area contributed by atoms with E-state index in [1.54, 1.807) is 12.1 Å². The van der Waals surface area contributed by atoms with Gasteiger partial charge in [-0.05, 0) is 37.8 Å². The molecule has 0 bridgehead atoms. The van der Waals surface area contributed by atoms with E-state index in [-0.39, 0.29) is 23.7 Å². The normalized spacial score (nSPS) is 22.1. The van der Waals surface area contributed by atoms with Crippen LogP contribution in [0.4, 0.5) is 5.82 Å². The van der Waals surface area contributed by atoms with Crippen molar-refractivity contribution in [3.05, 3.63) is 23.4 Å². The van der Waals surface area contributed by atoms with Gasteiger partial charge in [0.05, 0.1) is 10.9 Å². The molecule has 0 unspecified atom stereocenters. The zero-order valence-electron chi connectivity index (χ0n) is 13.1. The van der Waals surface area contributed by atoms with Crippen LogP contribution in [0.15, 0.2) is 18.3 Å². The van der Waals surface area contributed by atoms with Crippen molar-refractivity contribution in [2.75, 3.05) is 18.4 Å². The molecule has 1 saturated carbocycles. The van der Waals surface area contributed by atoms with E-state index < -0.39 is 0 Å². The Morgan fingerprint density at radius 3 is 2.57 bits per heavy atom. The van der Waals surface area contributed by atoms with Crippen molar-refractivity contribution in [1.29, 1.82) is 0 Å². The van der Waals surface area contributed by atoms with Crippen molar-refractivity contribution in [2.45, 2.75) is 38.5 Å². The van der Waals surface area contributed by atoms with Gasteiger partial charge in [-0.1, -0.05) is 24.4 Å². The van der Waals surface area contributed by atoms with Crippen molar-refractivity contribution in [2.24, 2.45) is 11.8 Å². The molecule has 2 amide bonds. The number of rotatable bonds is 3. The third-order valence-electron chi connectivity index (χ3n) is 4.79. The Morgan fingerprint density at radius 1 is 1.13 bits per heavy atom. The summed E-state index contributed by atoms with van der Waals surface area (Å²) in [5, 5.41) is 3.36. The zero-order chi connectivity index (χ0) is 16.2. The number of aromatic nitrogens is 1. The number of halogens is 1. The van der Waals surface area contributed by atoms with Gasteiger partial charge in [0.1, 0.15) is 5.82 Å². The summed E-state index contributed by atoms with van der Waals surface area (Å²) in [6.07, 6.45) is 7.50. The predicted octanol–water partition coefficient (Wildman–Crippen LogP) is 3.10. The van der Waals surface area contributed by atoms with Crippen LogP contribution in [-0.2, 0) is 9.59 Å². The van der Waals surface area contributed by atoms with Crippen LogP contribution in [0.3, 0.4) is 0 Å². The Balaban J connectivity index is 1.57. The third kappa shape index (κ3) is 4.02. The molecule has 2 aliphatic rings. The summed E-state index contributed by atoms with van der Waals surface area (Å²) in [6.45, 7) is 1.30. The first-order valence-corrected chi connectivity index (χ1v) is 8.72. The molecule has 1 aromatic rings. The van der Waals surface area contributed by atoms with E-state index in [4.69, 9.17) is 11.6 Å². The maximum absolute atomic E-state index is 12.5. The summed E-state index contributed by atoms with van der Waals surface area (Å²) in [4.78, 5) is 30.9. The minimum absolute atomic E-state index is 0.0660. The molecular weight excluding hydrogens is 314 g/mol. The molecule has 1 saturated heterocycles. The van der Waals surface area contributed by atoms with Gasteiger partial charge in [-0.25, -0.2) is 4.98 Å². The number of piperidine rings is 1. The Labute approximate surface area is 141 Å². The lowest BCUT2D eigenvalue weighted by Crippen LogP contribution is -2.45. The van der Waals surface area contributed by atoms with Crippen LogP contribution in [0, 0.1) is 11.8 Å². The molecule has 1 aromatic heterocycles. The fourth-order valence-electron chi connectivity index (χ4n) is 3.50. The van der Waals surface area contributed by atoms with E-state index in [1.807, 2.05) is 4.90 Å². The van der Waals surface area contributed by atoms with Crippen molar-refractivity contribution in [1.82, 2.24) is 9.88 Å². The minimum Gasteiger partial charge on any atom is -0.342 e. The topological polar surface area (TPSA) is 62.3 Å². The van der Waals surface area contributed by atoms with Crippen LogP contribution < -0.4 is 5.32 Å². The third-order valence-corrected chi connectivity index (χ3v) is 5.01. The highest BCUT2D eigenvalue weighted by molar-refractivity contribution is 6.30. The zero-order valence-corrected chi connectivity index (χ0v) is 13.9. The van der Waals surface area contributed by atoms with Crippen LogP contribution >= 0.6 is 11.6 Å². The van der Waals surface area contributed by atoms with Gasteiger partial charge in [0.15, 0.2) is 0 Å². The van der Waals surface area contributed by atoms with E-state index in [0.717, 1.165) is 45.1 Å². The van der Waals surface area contributed by atoms with Crippen molar-refractivity contribution >= 4 is 29.2 Å². The second kappa shape index (κ2) is 7.30. The second-order valence-electron chi connectivity index (χ2n) is 6.46. The highest BCUT2D eigenvalue weighted by Crippen LogP contribution is 2.28. The summed E-state index contributed by atoms with van der Waals surface area (Å²) in [5.41, 5.74) is 0. The number of anilines is 1. The molecule has 2 heterocycles. The average Bonchev–Trinajstić information content (AvgIpc) is 3.11. The number of hydrogen-bond acceptors (Lipinski definition) is 3. The van der Waals surface area contributed by atoms with Crippen LogP contribution in [0.25, 0.3) is 0 Å². The van der Waals surface area contributed by atoms with Gasteiger partial charge in [0.25, 0.3) is 0 Å². The SMILES string of the molecule is O=C(Nc1ccc(Cl)cn1)[C@H]1CCCN(C(=O)C2CCCC2)C1. The Kier molecular flexibility index (Phi) is 5.16. The molecule has 1 N–H and O–H groups in total. The number of nitrogens with zero attached hydrogens (tertiary/aromatic N) is 2. The summed E-state index contributed by atoms with van der Waals surface area (Å²) in [7, 11) is 0. The van der Waals surface area contributed by atoms with Gasteiger partial charge < -0.3 is 10.2 Å². The van der Waals surface area contributed by atoms with Crippen LogP contribution in [0.1, 0.15) is 38.5 Å². The van der Waals surface area contributed by atoms with Gasteiger partial charge in [0, 0.05) is 25.2 Å². The summed E-state index contributed by atoms with van der Waals surface area (Å²) in [5.74, 6) is 0.688. The summed E-state index contributed by atoms with van der Waals surface area (Å²) < 4.78 is 0. The molecule has 1 aliphatic carbocycles. The highest BCUT2D eigenvalue weighted by atomic mass is 35.5. The maximum atomic E-state index is 12.5. The summed E-state index contributed by atoms with van der Waals surface area (Å²) in [6, 6.07) is 3.38. The first kappa shape index (κ1) is 16.2. The molecule has 1 atom stereocenters. The van der Waals surface area contributed by atoms with Gasteiger partial charge in [-0.15, -0.1) is 0 Å². The van der Waals surface area contributed by atoms with Crippen molar-refractivity contribution in [3.8, 4) is 0 Å². The van der Waals surface area contributed by atoms with Gasteiger partial charge in [-0.3, -0.25) is 9.59 Å². The van der Waals surface area contributed by atoms with E-state index in [1.165, 1.54) is 6.20 Å². The fourth-order valence-corrected chi connectivity index (χ4v) is 3.61. The lowest BCUT2D eigenvalue weighted by atomic mass is 9.95. The number of carbonyl (C=O) groups excluding carboxylic acids is 2. The van der Waals surface area contributed by atoms with Crippen LogP contribution in [-0.4, -0.2) is 34.8 Å². The van der Waals surface area contributed by atoms with Gasteiger partial charge in [-0.2, -0.15) is 0 Å². The van der Waals surface area contributed by atoms with E-state index in [9.17, 15) is 9.59 Å². The number of amides is 2. The maximum Gasteiger partial charge on any atom is 0.230 e. The molecule has 0 aromatic carbocycles. The van der Waals surface area contributed by atoms with Crippen LogP contribution in [0.2, 0.25) is 5.02 Å². The Morgan fingerprint density at radius 2 is 1.87 bits per heavy atom. The molecular formula is C17H22ClN3O2. The molecule has 0 radical (unpaired) electrons. The van der Waals surface area contributed by atoms with Crippen molar-refractivity contribution < 1.29 is 9.59 Å². The van der Waals surface area contributed by atoms with Crippen molar-refractivity contribution in [3.63, 3.8) is 0 Å². The van der Waals surface area contributed by atoms with Crippen LogP contribution in [0.5, 0.6) is 0 Å². The summed E-state index contributed by atoms with van der Waals surface area (Å²) >= 11 is 5.79. The fraction of sp³-hybridized carbons (Fsp3) is 0.588. The lowest BCUT2D eigenvalue weighted by molar-refractivity contribution is -0.138. The number of carbonyl (C=O) groups is 2. The first-order valence-electron chi connectivity index (χ1n) is 8.34. The van der Waals surface area contributed by atoms with E-state index >= 15 is 0 Å². The largest absolute Gasteiger partial charge is 0.342 e. The van der Waals surface area contributed by atoms with Gasteiger partial charge >= 0.3 is 0 Å².